The molecule has 34 heavy (non-hydrogen) atoms. The second kappa shape index (κ2) is 10.4. The van der Waals surface area contributed by atoms with E-state index >= 15 is 0 Å². The summed E-state index contributed by atoms with van der Waals surface area (Å²) in [6.45, 7) is -0.455. The standard InChI is InChI=1S/C26H21ClN2O4S/c27-24-13-7-8-14-25(24)29(34(31,32)23-11-5-2-6-12-23)19-26(30)28-20-15-17-22(18-16-20)33-21-9-3-1-4-10-21/h1-18H,19H2,(H,28,30). The fourth-order valence-corrected chi connectivity index (χ4v) is 4.98. The number of anilines is 2. The molecule has 0 unspecified atom stereocenters. The summed E-state index contributed by atoms with van der Waals surface area (Å²) in [5, 5.41) is 2.95. The number of hydrogen-bond donors (Lipinski definition) is 1. The Labute approximate surface area is 203 Å². The Kier molecular flexibility index (Phi) is 7.15. The van der Waals surface area contributed by atoms with Gasteiger partial charge in [0.1, 0.15) is 18.0 Å². The van der Waals surface area contributed by atoms with Gasteiger partial charge >= 0.3 is 0 Å². The molecule has 0 bridgehead atoms. The van der Waals surface area contributed by atoms with E-state index < -0.39 is 22.5 Å². The predicted molar refractivity (Wildman–Crippen MR) is 134 cm³/mol. The highest BCUT2D eigenvalue weighted by Crippen LogP contribution is 2.30. The number of amides is 1. The Morgan fingerprint density at radius 3 is 1.97 bits per heavy atom. The number of carbonyl (C=O) groups is 1. The second-order valence-electron chi connectivity index (χ2n) is 7.26. The smallest absolute Gasteiger partial charge is 0.264 e. The predicted octanol–water partition coefficient (Wildman–Crippen LogP) is 5.97. The van der Waals surface area contributed by atoms with E-state index in [9.17, 15) is 13.2 Å². The zero-order chi connectivity index (χ0) is 24.0. The molecule has 0 aromatic heterocycles. The highest BCUT2D eigenvalue weighted by molar-refractivity contribution is 7.92. The Bertz CT molecular complexity index is 1360. The number of carbonyl (C=O) groups excluding carboxylic acids is 1. The van der Waals surface area contributed by atoms with Crippen LogP contribution >= 0.6 is 11.6 Å². The van der Waals surface area contributed by atoms with Gasteiger partial charge in [-0.25, -0.2) is 8.42 Å². The van der Waals surface area contributed by atoms with E-state index in [1.54, 1.807) is 66.7 Å². The van der Waals surface area contributed by atoms with Gasteiger partial charge in [-0.2, -0.15) is 0 Å². The van der Waals surface area contributed by atoms with Crippen molar-refractivity contribution < 1.29 is 17.9 Å². The molecule has 4 aromatic carbocycles. The van der Waals surface area contributed by atoms with Crippen LogP contribution in [-0.4, -0.2) is 20.9 Å². The van der Waals surface area contributed by atoms with E-state index in [0.29, 0.717) is 17.2 Å². The normalized spacial score (nSPS) is 11.0. The van der Waals surface area contributed by atoms with Crippen molar-refractivity contribution in [2.45, 2.75) is 4.90 Å². The minimum absolute atomic E-state index is 0.0603. The lowest BCUT2D eigenvalue weighted by molar-refractivity contribution is -0.114. The molecule has 4 rings (SSSR count). The van der Waals surface area contributed by atoms with E-state index in [2.05, 4.69) is 5.32 Å². The summed E-state index contributed by atoms with van der Waals surface area (Å²) in [6.07, 6.45) is 0. The monoisotopic (exact) mass is 492 g/mol. The van der Waals surface area contributed by atoms with Gasteiger partial charge in [-0.1, -0.05) is 60.1 Å². The third-order valence-electron chi connectivity index (χ3n) is 4.86. The fraction of sp³-hybridized carbons (Fsp3) is 0.0385. The van der Waals surface area contributed by atoms with Gasteiger partial charge in [0.05, 0.1) is 15.6 Å². The SMILES string of the molecule is O=C(CN(c1ccccc1Cl)S(=O)(=O)c1ccccc1)Nc1ccc(Oc2ccccc2)cc1. The number of sulfonamides is 1. The topological polar surface area (TPSA) is 75.7 Å². The lowest BCUT2D eigenvalue weighted by atomic mass is 10.3. The minimum atomic E-state index is -4.04. The van der Waals surface area contributed by atoms with Crippen LogP contribution in [0.1, 0.15) is 0 Å². The van der Waals surface area contributed by atoms with Crippen LogP contribution in [0, 0.1) is 0 Å². The first-order valence-electron chi connectivity index (χ1n) is 10.4. The van der Waals surface area contributed by atoms with Gasteiger partial charge in [-0.3, -0.25) is 9.10 Å². The molecular weight excluding hydrogens is 472 g/mol. The van der Waals surface area contributed by atoms with Crippen LogP contribution in [0.4, 0.5) is 11.4 Å². The Hall–Kier alpha value is -3.81. The van der Waals surface area contributed by atoms with Gasteiger partial charge in [0, 0.05) is 5.69 Å². The van der Waals surface area contributed by atoms with Crippen molar-refractivity contribution in [3.05, 3.63) is 114 Å². The van der Waals surface area contributed by atoms with Crippen LogP contribution in [0.5, 0.6) is 11.5 Å². The van der Waals surface area contributed by atoms with Crippen LogP contribution in [0.15, 0.2) is 114 Å². The van der Waals surface area contributed by atoms with Crippen molar-refractivity contribution in [3.63, 3.8) is 0 Å². The number of hydrogen-bond acceptors (Lipinski definition) is 4. The van der Waals surface area contributed by atoms with Crippen LogP contribution in [-0.2, 0) is 14.8 Å². The first-order chi connectivity index (χ1) is 16.4. The molecule has 172 valence electrons. The molecule has 0 spiro atoms. The van der Waals surface area contributed by atoms with Crippen molar-refractivity contribution in [3.8, 4) is 11.5 Å². The molecule has 4 aromatic rings. The van der Waals surface area contributed by atoms with Crippen LogP contribution in [0.2, 0.25) is 5.02 Å². The lowest BCUT2D eigenvalue weighted by Crippen LogP contribution is -2.38. The summed E-state index contributed by atoms with van der Waals surface area (Å²) < 4.78 is 33.5. The highest BCUT2D eigenvalue weighted by Gasteiger charge is 2.28. The summed E-state index contributed by atoms with van der Waals surface area (Å²) in [6, 6.07) is 30.5. The first-order valence-corrected chi connectivity index (χ1v) is 12.2. The summed E-state index contributed by atoms with van der Waals surface area (Å²) >= 11 is 6.29. The Balaban J connectivity index is 1.53. The third-order valence-corrected chi connectivity index (χ3v) is 6.95. The van der Waals surface area contributed by atoms with Gasteiger partial charge in [0.2, 0.25) is 5.91 Å². The minimum Gasteiger partial charge on any atom is -0.457 e. The van der Waals surface area contributed by atoms with E-state index in [0.717, 1.165) is 4.31 Å². The fourth-order valence-electron chi connectivity index (χ4n) is 3.24. The zero-order valence-electron chi connectivity index (χ0n) is 18.0. The van der Waals surface area contributed by atoms with Crippen LogP contribution < -0.4 is 14.4 Å². The Morgan fingerprint density at radius 2 is 1.32 bits per heavy atom. The van der Waals surface area contributed by atoms with Crippen molar-refractivity contribution >= 4 is 38.9 Å². The molecule has 0 aliphatic carbocycles. The molecule has 0 radical (unpaired) electrons. The van der Waals surface area contributed by atoms with Gasteiger partial charge in [0.15, 0.2) is 0 Å². The van der Waals surface area contributed by atoms with Crippen molar-refractivity contribution in [2.24, 2.45) is 0 Å². The maximum Gasteiger partial charge on any atom is 0.264 e. The van der Waals surface area contributed by atoms with E-state index in [4.69, 9.17) is 16.3 Å². The maximum atomic E-state index is 13.4. The number of para-hydroxylation sites is 2. The molecular formula is C26H21ClN2O4S. The molecule has 0 aliphatic heterocycles. The van der Waals surface area contributed by atoms with Crippen LogP contribution in [0.25, 0.3) is 0 Å². The number of nitrogens with one attached hydrogen (secondary N) is 1. The number of ether oxygens (including phenoxy) is 1. The molecule has 6 nitrogen and oxygen atoms in total. The number of halogens is 1. The quantitative estimate of drug-likeness (QED) is 0.329. The average molecular weight is 493 g/mol. The summed E-state index contributed by atoms with van der Waals surface area (Å²) in [5.74, 6) is 0.783. The Morgan fingerprint density at radius 1 is 0.765 bits per heavy atom. The first kappa shape index (κ1) is 23.4. The van der Waals surface area contributed by atoms with Crippen LogP contribution in [0.3, 0.4) is 0 Å². The van der Waals surface area contributed by atoms with E-state index in [1.807, 2.05) is 30.3 Å². The van der Waals surface area contributed by atoms with Gasteiger partial charge < -0.3 is 10.1 Å². The number of nitrogens with zero attached hydrogens (tertiary/aromatic N) is 1. The molecule has 0 aliphatic rings. The van der Waals surface area contributed by atoms with Gasteiger partial charge in [-0.15, -0.1) is 0 Å². The zero-order valence-corrected chi connectivity index (χ0v) is 19.5. The van der Waals surface area contributed by atoms with Crippen molar-refractivity contribution in [2.75, 3.05) is 16.2 Å². The van der Waals surface area contributed by atoms with E-state index in [1.165, 1.54) is 12.1 Å². The molecule has 0 saturated carbocycles. The van der Waals surface area contributed by atoms with Crippen molar-refractivity contribution in [1.82, 2.24) is 0 Å². The number of benzene rings is 4. The molecule has 1 N–H and O–H groups in total. The summed E-state index contributed by atoms with van der Waals surface area (Å²) in [5.41, 5.74) is 0.719. The molecule has 0 heterocycles. The largest absolute Gasteiger partial charge is 0.457 e. The lowest BCUT2D eigenvalue weighted by Gasteiger charge is -2.25. The maximum absolute atomic E-state index is 13.4. The van der Waals surface area contributed by atoms with Crippen molar-refractivity contribution in [1.29, 1.82) is 0 Å². The van der Waals surface area contributed by atoms with E-state index in [-0.39, 0.29) is 15.6 Å². The average Bonchev–Trinajstić information content (AvgIpc) is 2.85. The van der Waals surface area contributed by atoms with Gasteiger partial charge in [0.25, 0.3) is 10.0 Å². The molecule has 1 amide bonds. The van der Waals surface area contributed by atoms with Gasteiger partial charge in [-0.05, 0) is 60.7 Å². The molecule has 0 saturated heterocycles. The molecule has 0 fully saturated rings. The summed E-state index contributed by atoms with van der Waals surface area (Å²) in [4.78, 5) is 12.9. The summed E-state index contributed by atoms with van der Waals surface area (Å²) in [7, 11) is -4.04. The number of rotatable bonds is 8. The third kappa shape index (κ3) is 5.57. The second-order valence-corrected chi connectivity index (χ2v) is 9.53. The highest BCUT2D eigenvalue weighted by atomic mass is 35.5. The molecule has 8 heteroatoms. The molecule has 0 atom stereocenters.